The lowest BCUT2D eigenvalue weighted by Gasteiger charge is -2.39. The summed E-state index contributed by atoms with van der Waals surface area (Å²) < 4.78 is 12.8. The molecule has 0 bridgehead atoms. The maximum absolute atomic E-state index is 13.2. The smallest absolute Gasteiger partial charge is 0.253 e. The van der Waals surface area contributed by atoms with Crippen LogP contribution in [0.4, 0.5) is 0 Å². The number of aryl methyl sites for hydroxylation is 2. The van der Waals surface area contributed by atoms with E-state index in [1.54, 1.807) is 13.0 Å². The Morgan fingerprint density at radius 3 is 2.24 bits per heavy atom. The molecule has 1 aliphatic carbocycles. The highest BCUT2D eigenvalue weighted by Crippen LogP contribution is 2.50. The molecule has 1 aromatic heterocycles. The standard InChI is InChI=1S/C28H37N3O5.ClH/c1-15-12-16(2)30-27(34)23(15)14-29-26(33)21-13-22(18(4)32)25-24(17(21)3)35-28(5,36-25)19-8-10-20(11-9-19)31(6)7;/h12-13,19-20H,8-11,14H2,1-7H3,(H,29,33)(H,30,34);1H/t19-,20-,28?;. The maximum atomic E-state index is 13.2. The van der Waals surface area contributed by atoms with Gasteiger partial charge in [-0.2, -0.15) is 0 Å². The van der Waals surface area contributed by atoms with Crippen molar-refractivity contribution < 1.29 is 19.1 Å². The topological polar surface area (TPSA) is 101 Å². The maximum Gasteiger partial charge on any atom is 0.253 e. The van der Waals surface area contributed by atoms with Gasteiger partial charge in [-0.25, -0.2) is 0 Å². The molecule has 0 spiro atoms. The van der Waals surface area contributed by atoms with Crippen LogP contribution in [0, 0.1) is 26.7 Å². The van der Waals surface area contributed by atoms with E-state index in [4.69, 9.17) is 9.47 Å². The lowest BCUT2D eigenvalue weighted by Crippen LogP contribution is -2.46. The number of aromatic amines is 1. The van der Waals surface area contributed by atoms with Crippen molar-refractivity contribution in [3.8, 4) is 11.5 Å². The predicted octanol–water partition coefficient (Wildman–Crippen LogP) is 4.46. The Kier molecular flexibility index (Phi) is 8.44. The highest BCUT2D eigenvalue weighted by Gasteiger charge is 2.48. The number of carbonyl (C=O) groups is 2. The predicted molar refractivity (Wildman–Crippen MR) is 145 cm³/mol. The summed E-state index contributed by atoms with van der Waals surface area (Å²) >= 11 is 0. The molecule has 0 saturated heterocycles. The molecule has 1 fully saturated rings. The number of hydrogen-bond acceptors (Lipinski definition) is 6. The van der Waals surface area contributed by atoms with Gasteiger partial charge in [0.1, 0.15) is 0 Å². The highest BCUT2D eigenvalue weighted by molar-refractivity contribution is 6.04. The first-order chi connectivity index (χ1) is 16.9. The number of nitrogens with zero attached hydrogens (tertiary/aromatic N) is 1. The molecule has 1 aromatic carbocycles. The summed E-state index contributed by atoms with van der Waals surface area (Å²) in [5, 5.41) is 2.84. The van der Waals surface area contributed by atoms with E-state index >= 15 is 0 Å². The van der Waals surface area contributed by atoms with Gasteiger partial charge in [0.15, 0.2) is 17.3 Å². The van der Waals surface area contributed by atoms with Crippen molar-refractivity contribution in [3.05, 3.63) is 56.0 Å². The minimum Gasteiger partial charge on any atom is -0.448 e. The number of nitrogens with one attached hydrogen (secondary N) is 2. The van der Waals surface area contributed by atoms with Gasteiger partial charge in [0.2, 0.25) is 0 Å². The van der Waals surface area contributed by atoms with E-state index in [0.717, 1.165) is 36.9 Å². The molecular weight excluding hydrogens is 494 g/mol. The van der Waals surface area contributed by atoms with Crippen LogP contribution in [0.15, 0.2) is 16.9 Å². The fraction of sp³-hybridized carbons (Fsp3) is 0.536. The molecule has 8 nitrogen and oxygen atoms in total. The minimum absolute atomic E-state index is 0. The first kappa shape index (κ1) is 28.7. The van der Waals surface area contributed by atoms with Gasteiger partial charge in [0.25, 0.3) is 17.3 Å². The van der Waals surface area contributed by atoms with E-state index in [2.05, 4.69) is 29.3 Å². The summed E-state index contributed by atoms with van der Waals surface area (Å²) in [7, 11) is 4.22. The van der Waals surface area contributed by atoms with Crippen LogP contribution in [-0.2, 0) is 6.54 Å². The van der Waals surface area contributed by atoms with E-state index in [9.17, 15) is 14.4 Å². The van der Waals surface area contributed by atoms with E-state index in [1.165, 1.54) is 6.92 Å². The summed E-state index contributed by atoms with van der Waals surface area (Å²) in [5.74, 6) is -0.422. The fourth-order valence-corrected chi connectivity index (χ4v) is 5.53. The molecule has 4 rings (SSSR count). The van der Waals surface area contributed by atoms with Crippen LogP contribution in [0.2, 0.25) is 0 Å². The van der Waals surface area contributed by atoms with Crippen molar-refractivity contribution in [2.75, 3.05) is 14.1 Å². The zero-order chi connectivity index (χ0) is 26.4. The molecule has 0 radical (unpaired) electrons. The van der Waals surface area contributed by atoms with Crippen molar-refractivity contribution in [1.82, 2.24) is 15.2 Å². The molecule has 37 heavy (non-hydrogen) atoms. The number of hydrogen-bond donors (Lipinski definition) is 2. The molecule has 1 aliphatic heterocycles. The Morgan fingerprint density at radius 2 is 1.68 bits per heavy atom. The number of carbonyl (C=O) groups excluding carboxylic acids is 2. The van der Waals surface area contributed by atoms with E-state index in [-0.39, 0.29) is 42.1 Å². The molecule has 2 aromatic rings. The molecule has 1 unspecified atom stereocenters. The monoisotopic (exact) mass is 531 g/mol. The number of pyridine rings is 1. The van der Waals surface area contributed by atoms with Crippen LogP contribution in [0.3, 0.4) is 0 Å². The first-order valence-corrected chi connectivity index (χ1v) is 12.6. The van der Waals surface area contributed by atoms with Gasteiger partial charge in [-0.15, -0.1) is 12.4 Å². The number of fused-ring (bicyclic) bond motifs is 1. The molecule has 9 heteroatoms. The van der Waals surface area contributed by atoms with Crippen molar-refractivity contribution >= 4 is 24.1 Å². The zero-order valence-electron chi connectivity index (χ0n) is 22.7. The van der Waals surface area contributed by atoms with Crippen LogP contribution in [0.5, 0.6) is 11.5 Å². The zero-order valence-corrected chi connectivity index (χ0v) is 23.6. The number of Topliss-reactive ketones (excluding diaryl/α,β-unsaturated/α-hetero) is 1. The fourth-order valence-electron chi connectivity index (χ4n) is 5.53. The lowest BCUT2D eigenvalue weighted by atomic mass is 9.81. The van der Waals surface area contributed by atoms with Crippen LogP contribution in [0.25, 0.3) is 0 Å². The molecule has 2 heterocycles. The number of ether oxygens (including phenoxy) is 2. The molecule has 1 atom stereocenters. The normalized spacial score (nSPS) is 22.5. The summed E-state index contributed by atoms with van der Waals surface area (Å²) in [6.07, 6.45) is 4.03. The average molecular weight is 532 g/mol. The Labute approximate surface area is 224 Å². The highest BCUT2D eigenvalue weighted by atomic mass is 35.5. The number of benzene rings is 1. The average Bonchev–Trinajstić information content (AvgIpc) is 3.17. The Morgan fingerprint density at radius 1 is 1.05 bits per heavy atom. The third kappa shape index (κ3) is 5.55. The number of ketones is 1. The second-order valence-electron chi connectivity index (χ2n) is 10.6. The van der Waals surface area contributed by atoms with E-state index in [0.29, 0.717) is 39.8 Å². The Hall–Kier alpha value is -2.84. The number of rotatable bonds is 6. The number of H-pyrrole nitrogens is 1. The van der Waals surface area contributed by atoms with Gasteiger partial charge in [-0.05, 0) is 85.2 Å². The Bertz CT molecular complexity index is 1260. The van der Waals surface area contributed by atoms with Gasteiger partial charge in [-0.3, -0.25) is 14.4 Å². The van der Waals surface area contributed by atoms with Gasteiger partial charge in [-0.1, -0.05) is 0 Å². The van der Waals surface area contributed by atoms with Gasteiger partial charge in [0.05, 0.1) is 5.56 Å². The lowest BCUT2D eigenvalue weighted by molar-refractivity contribution is -0.123. The molecule has 2 aliphatic rings. The van der Waals surface area contributed by atoms with Crippen LogP contribution in [0.1, 0.15) is 82.6 Å². The summed E-state index contributed by atoms with van der Waals surface area (Å²) in [5.41, 5.74) is 3.14. The molecule has 1 saturated carbocycles. The van der Waals surface area contributed by atoms with E-state index in [1.807, 2.05) is 26.8 Å². The Balaban J connectivity index is 0.00000380. The minimum atomic E-state index is -0.893. The number of aromatic nitrogens is 1. The van der Waals surface area contributed by atoms with Crippen molar-refractivity contribution in [3.63, 3.8) is 0 Å². The van der Waals surface area contributed by atoms with Gasteiger partial charge >= 0.3 is 0 Å². The van der Waals surface area contributed by atoms with Crippen LogP contribution in [-0.4, -0.2) is 47.5 Å². The number of amides is 1. The third-order valence-electron chi connectivity index (χ3n) is 7.81. The van der Waals surface area contributed by atoms with Crippen molar-refractivity contribution in [2.24, 2.45) is 5.92 Å². The molecular formula is C28H38ClN3O5. The number of halogens is 1. The third-order valence-corrected chi connectivity index (χ3v) is 7.81. The van der Waals surface area contributed by atoms with E-state index < -0.39 is 5.79 Å². The summed E-state index contributed by atoms with van der Waals surface area (Å²) in [6, 6.07) is 3.99. The van der Waals surface area contributed by atoms with Crippen molar-refractivity contribution in [2.45, 2.75) is 78.7 Å². The molecule has 202 valence electrons. The SMILES string of the molecule is CC(=O)c1cc(C(=O)NCc2c(C)cc(C)[nH]c2=O)c(C)c2c1OC(C)([C@H]1CC[C@H](N(C)C)CC1)O2.Cl. The summed E-state index contributed by atoms with van der Waals surface area (Å²) in [6.45, 7) is 8.94. The summed E-state index contributed by atoms with van der Waals surface area (Å²) in [4.78, 5) is 43.2. The van der Waals surface area contributed by atoms with Gasteiger partial charge in [0, 0.05) is 47.8 Å². The van der Waals surface area contributed by atoms with Crippen LogP contribution < -0.4 is 20.3 Å². The van der Waals surface area contributed by atoms with Crippen molar-refractivity contribution in [1.29, 1.82) is 0 Å². The second-order valence-corrected chi connectivity index (χ2v) is 10.6. The van der Waals surface area contributed by atoms with Crippen LogP contribution >= 0.6 is 12.4 Å². The second kappa shape index (κ2) is 10.9. The first-order valence-electron chi connectivity index (χ1n) is 12.6. The molecule has 1 amide bonds. The van der Waals surface area contributed by atoms with Gasteiger partial charge < -0.3 is 24.7 Å². The molecule has 2 N–H and O–H groups in total. The largest absolute Gasteiger partial charge is 0.448 e. The quantitative estimate of drug-likeness (QED) is 0.534.